The highest BCUT2D eigenvalue weighted by Crippen LogP contribution is 2.21. The molecule has 2 heterocycles. The molecule has 3 rings (SSSR count). The van der Waals surface area contributed by atoms with Crippen LogP contribution in [-0.2, 0) is 13.6 Å². The summed E-state index contributed by atoms with van der Waals surface area (Å²) in [6.45, 7) is 4.18. The van der Waals surface area contributed by atoms with Crippen LogP contribution < -0.4 is 15.5 Å². The Labute approximate surface area is 123 Å². The third-order valence-corrected chi connectivity index (χ3v) is 3.83. The molecule has 2 N–H and O–H groups in total. The van der Waals surface area contributed by atoms with Gasteiger partial charge in [0.25, 0.3) is 0 Å². The van der Waals surface area contributed by atoms with Gasteiger partial charge in [0.05, 0.1) is 6.20 Å². The molecule has 6 heteroatoms. The smallest absolute Gasteiger partial charge is 0.321 e. The zero-order chi connectivity index (χ0) is 14.8. The number of anilines is 2. The van der Waals surface area contributed by atoms with Gasteiger partial charge in [0.1, 0.15) is 0 Å². The third kappa shape index (κ3) is 2.69. The van der Waals surface area contributed by atoms with Crippen LogP contribution in [0.2, 0.25) is 0 Å². The van der Waals surface area contributed by atoms with Crippen LogP contribution in [0.4, 0.5) is 16.2 Å². The second-order valence-electron chi connectivity index (χ2n) is 5.17. The molecule has 1 aromatic heterocycles. The van der Waals surface area contributed by atoms with Crippen molar-refractivity contribution >= 4 is 17.4 Å². The number of nitrogens with one attached hydrogen (secondary N) is 2. The molecule has 2 aromatic rings. The SMILES string of the molecule is Cc1c(CNc2cccc(N3CCNC3=O)c2)cnn1C. The standard InChI is InChI=1S/C15H19N5O/c1-11-12(10-18-19(11)2)9-17-13-4-3-5-14(8-13)20-7-6-16-15(20)21/h3-5,8,10,17H,6-7,9H2,1-2H3,(H,16,21). The summed E-state index contributed by atoms with van der Waals surface area (Å²) in [6, 6.07) is 7.88. The number of carbonyl (C=O) groups is 1. The second kappa shape index (κ2) is 5.47. The predicted molar refractivity (Wildman–Crippen MR) is 82.5 cm³/mol. The Morgan fingerprint density at radius 1 is 1.43 bits per heavy atom. The second-order valence-corrected chi connectivity index (χ2v) is 5.17. The number of hydrogen-bond donors (Lipinski definition) is 2. The zero-order valence-corrected chi connectivity index (χ0v) is 12.3. The fourth-order valence-corrected chi connectivity index (χ4v) is 2.42. The molecule has 0 radical (unpaired) electrons. The molecule has 0 aliphatic carbocycles. The van der Waals surface area contributed by atoms with E-state index >= 15 is 0 Å². The topological polar surface area (TPSA) is 62.2 Å². The van der Waals surface area contributed by atoms with Gasteiger partial charge in [-0.25, -0.2) is 4.79 Å². The Hall–Kier alpha value is -2.50. The van der Waals surface area contributed by atoms with E-state index in [0.29, 0.717) is 13.1 Å². The van der Waals surface area contributed by atoms with Gasteiger partial charge in [-0.1, -0.05) is 6.07 Å². The van der Waals surface area contributed by atoms with Crippen molar-refractivity contribution in [3.8, 4) is 0 Å². The highest BCUT2D eigenvalue weighted by atomic mass is 16.2. The number of hydrogen-bond acceptors (Lipinski definition) is 3. The van der Waals surface area contributed by atoms with Crippen molar-refractivity contribution in [2.45, 2.75) is 13.5 Å². The molecule has 6 nitrogen and oxygen atoms in total. The summed E-state index contributed by atoms with van der Waals surface area (Å²) in [4.78, 5) is 13.4. The van der Waals surface area contributed by atoms with Gasteiger partial charge in [0.15, 0.2) is 0 Å². The number of rotatable bonds is 4. The van der Waals surface area contributed by atoms with Crippen LogP contribution in [0.3, 0.4) is 0 Å². The van der Waals surface area contributed by atoms with E-state index in [0.717, 1.165) is 23.6 Å². The molecule has 0 unspecified atom stereocenters. The van der Waals surface area contributed by atoms with Gasteiger partial charge in [-0.2, -0.15) is 5.10 Å². The fourth-order valence-electron chi connectivity index (χ4n) is 2.42. The van der Waals surface area contributed by atoms with Crippen molar-refractivity contribution in [3.05, 3.63) is 41.7 Å². The first kappa shape index (κ1) is 13.5. The van der Waals surface area contributed by atoms with Crippen LogP contribution in [0.15, 0.2) is 30.5 Å². The van der Waals surface area contributed by atoms with E-state index in [9.17, 15) is 4.79 Å². The van der Waals surface area contributed by atoms with Crippen LogP contribution in [0.5, 0.6) is 0 Å². The lowest BCUT2D eigenvalue weighted by atomic mass is 10.2. The first-order valence-corrected chi connectivity index (χ1v) is 7.02. The minimum Gasteiger partial charge on any atom is -0.381 e. The summed E-state index contributed by atoms with van der Waals surface area (Å²) in [5.74, 6) is 0. The van der Waals surface area contributed by atoms with Gasteiger partial charge in [-0.15, -0.1) is 0 Å². The molecule has 2 amide bonds. The lowest BCUT2D eigenvalue weighted by Crippen LogP contribution is -2.27. The van der Waals surface area contributed by atoms with Gasteiger partial charge < -0.3 is 10.6 Å². The molecule has 21 heavy (non-hydrogen) atoms. The zero-order valence-electron chi connectivity index (χ0n) is 12.3. The average Bonchev–Trinajstić information content (AvgIpc) is 3.05. The van der Waals surface area contributed by atoms with Gasteiger partial charge >= 0.3 is 6.03 Å². The van der Waals surface area contributed by atoms with Crippen molar-refractivity contribution in [1.29, 1.82) is 0 Å². The number of nitrogens with zero attached hydrogens (tertiary/aromatic N) is 3. The van der Waals surface area contributed by atoms with Crippen LogP contribution >= 0.6 is 0 Å². The average molecular weight is 285 g/mol. The maximum Gasteiger partial charge on any atom is 0.321 e. The minimum atomic E-state index is -0.0322. The maximum atomic E-state index is 11.7. The monoisotopic (exact) mass is 285 g/mol. The predicted octanol–water partition coefficient (Wildman–Crippen LogP) is 1.87. The molecular formula is C15H19N5O. The third-order valence-electron chi connectivity index (χ3n) is 3.83. The normalized spacial score (nSPS) is 14.4. The molecule has 1 fully saturated rings. The van der Waals surface area contributed by atoms with Gasteiger partial charge in [-0.05, 0) is 25.1 Å². The number of carbonyl (C=O) groups excluding carboxylic acids is 1. The number of amides is 2. The fraction of sp³-hybridized carbons (Fsp3) is 0.333. The molecule has 0 atom stereocenters. The Morgan fingerprint density at radius 2 is 2.29 bits per heavy atom. The molecule has 1 saturated heterocycles. The summed E-state index contributed by atoms with van der Waals surface area (Å²) < 4.78 is 1.86. The molecule has 0 spiro atoms. The van der Waals surface area contributed by atoms with Gasteiger partial charge in [0, 0.05) is 49.3 Å². The first-order chi connectivity index (χ1) is 10.1. The number of aryl methyl sites for hydroxylation is 1. The van der Waals surface area contributed by atoms with E-state index < -0.39 is 0 Å². The van der Waals surface area contributed by atoms with Gasteiger partial charge in [-0.3, -0.25) is 9.58 Å². The molecular weight excluding hydrogens is 266 g/mol. The number of aromatic nitrogens is 2. The Balaban J connectivity index is 1.71. The molecule has 1 aliphatic rings. The summed E-state index contributed by atoms with van der Waals surface area (Å²) in [5.41, 5.74) is 4.23. The van der Waals surface area contributed by atoms with Crippen molar-refractivity contribution in [2.24, 2.45) is 7.05 Å². The van der Waals surface area contributed by atoms with E-state index in [4.69, 9.17) is 0 Å². The highest BCUT2D eigenvalue weighted by molar-refractivity contribution is 5.94. The summed E-state index contributed by atoms with van der Waals surface area (Å²) >= 11 is 0. The van der Waals surface area contributed by atoms with Crippen molar-refractivity contribution in [1.82, 2.24) is 15.1 Å². The largest absolute Gasteiger partial charge is 0.381 e. The summed E-state index contributed by atoms with van der Waals surface area (Å²) in [7, 11) is 1.94. The summed E-state index contributed by atoms with van der Waals surface area (Å²) in [5, 5.41) is 10.4. The van der Waals surface area contributed by atoms with E-state index in [1.54, 1.807) is 4.90 Å². The Kier molecular flexibility index (Phi) is 3.51. The summed E-state index contributed by atoms with van der Waals surface area (Å²) in [6.07, 6.45) is 1.88. The van der Waals surface area contributed by atoms with Crippen LogP contribution in [0.25, 0.3) is 0 Å². The molecule has 0 saturated carbocycles. The van der Waals surface area contributed by atoms with Crippen molar-refractivity contribution in [2.75, 3.05) is 23.3 Å². The molecule has 0 bridgehead atoms. The number of urea groups is 1. The van der Waals surface area contributed by atoms with E-state index in [-0.39, 0.29) is 6.03 Å². The van der Waals surface area contributed by atoms with Crippen LogP contribution in [0.1, 0.15) is 11.3 Å². The van der Waals surface area contributed by atoms with Crippen LogP contribution in [0, 0.1) is 6.92 Å². The van der Waals surface area contributed by atoms with E-state index in [1.165, 1.54) is 5.56 Å². The number of benzene rings is 1. The maximum absolute atomic E-state index is 11.7. The first-order valence-electron chi connectivity index (χ1n) is 7.02. The molecule has 110 valence electrons. The van der Waals surface area contributed by atoms with Gasteiger partial charge in [0.2, 0.25) is 0 Å². The van der Waals surface area contributed by atoms with E-state index in [1.807, 2.05) is 42.2 Å². The highest BCUT2D eigenvalue weighted by Gasteiger charge is 2.20. The van der Waals surface area contributed by atoms with E-state index in [2.05, 4.69) is 22.7 Å². The lowest BCUT2D eigenvalue weighted by Gasteiger charge is -2.15. The molecule has 1 aromatic carbocycles. The minimum absolute atomic E-state index is 0.0322. The lowest BCUT2D eigenvalue weighted by molar-refractivity contribution is 0.252. The molecule has 1 aliphatic heterocycles. The Morgan fingerprint density at radius 3 is 2.95 bits per heavy atom. The van der Waals surface area contributed by atoms with Crippen molar-refractivity contribution < 1.29 is 4.79 Å². The Bertz CT molecular complexity index is 664. The quantitative estimate of drug-likeness (QED) is 0.901. The van der Waals surface area contributed by atoms with Crippen molar-refractivity contribution in [3.63, 3.8) is 0 Å². The van der Waals surface area contributed by atoms with Crippen LogP contribution in [-0.4, -0.2) is 28.9 Å².